The lowest BCUT2D eigenvalue weighted by Crippen LogP contribution is -2.40. The van der Waals surface area contributed by atoms with E-state index in [1.165, 1.54) is 25.1 Å². The minimum absolute atomic E-state index is 0.104. The van der Waals surface area contributed by atoms with Crippen LogP contribution in [0, 0.1) is 17.2 Å². The number of halogens is 2. The third-order valence-electron chi connectivity index (χ3n) is 5.05. The number of nitrogens with one attached hydrogen (secondary N) is 1. The van der Waals surface area contributed by atoms with Crippen molar-refractivity contribution in [2.24, 2.45) is 5.92 Å². The number of carbonyl (C=O) groups excluding carboxylic acids is 1. The molecule has 1 atom stereocenters. The predicted octanol–water partition coefficient (Wildman–Crippen LogP) is 5.22. The Labute approximate surface area is 188 Å². The van der Waals surface area contributed by atoms with Crippen molar-refractivity contribution in [2.75, 3.05) is 13.7 Å². The fourth-order valence-corrected chi connectivity index (χ4v) is 3.26. The number of nitriles is 1. The standard InChI is InChI=1S/C25H30F2N2O3/c1-5-25(26,27)22-15-21(10-9-19(22)16-28)32-23(13-17(2)3)24(30)29-12-11-18-7-6-8-20(14-18)31-4/h6-10,14-15,17,23H,5,11-13H2,1-4H3,(H,29,30). The Kier molecular flexibility index (Phi) is 9.01. The van der Waals surface area contributed by atoms with E-state index >= 15 is 0 Å². The molecule has 1 N–H and O–H groups in total. The van der Waals surface area contributed by atoms with Gasteiger partial charge in [0.1, 0.15) is 11.5 Å². The molecule has 0 fully saturated rings. The van der Waals surface area contributed by atoms with Crippen LogP contribution in [0.2, 0.25) is 0 Å². The van der Waals surface area contributed by atoms with Crippen molar-refractivity contribution in [2.45, 2.75) is 52.1 Å². The Hall–Kier alpha value is -3.14. The van der Waals surface area contributed by atoms with Crippen molar-refractivity contribution < 1.29 is 23.0 Å². The van der Waals surface area contributed by atoms with Crippen LogP contribution in [0.1, 0.15) is 50.3 Å². The molecular formula is C25H30F2N2O3. The molecule has 172 valence electrons. The van der Waals surface area contributed by atoms with E-state index in [-0.39, 0.29) is 28.7 Å². The third-order valence-corrected chi connectivity index (χ3v) is 5.05. The van der Waals surface area contributed by atoms with Crippen LogP contribution in [-0.4, -0.2) is 25.7 Å². The summed E-state index contributed by atoms with van der Waals surface area (Å²) in [6.45, 7) is 5.66. The number of amides is 1. The molecule has 0 aliphatic rings. The van der Waals surface area contributed by atoms with Gasteiger partial charge in [0.05, 0.1) is 18.7 Å². The van der Waals surface area contributed by atoms with E-state index in [1.807, 2.05) is 38.1 Å². The average molecular weight is 445 g/mol. The number of nitrogens with zero attached hydrogens (tertiary/aromatic N) is 1. The first-order chi connectivity index (χ1) is 15.2. The van der Waals surface area contributed by atoms with Crippen molar-refractivity contribution >= 4 is 5.91 Å². The second-order valence-electron chi connectivity index (χ2n) is 8.01. The van der Waals surface area contributed by atoms with E-state index in [0.29, 0.717) is 19.4 Å². The van der Waals surface area contributed by atoms with Crippen molar-refractivity contribution in [1.82, 2.24) is 5.32 Å². The molecule has 2 aromatic rings. The highest BCUT2D eigenvalue weighted by atomic mass is 19.3. The van der Waals surface area contributed by atoms with Gasteiger partial charge in [0.2, 0.25) is 0 Å². The summed E-state index contributed by atoms with van der Waals surface area (Å²) in [5.41, 5.74) is 0.526. The van der Waals surface area contributed by atoms with Gasteiger partial charge in [-0.15, -0.1) is 0 Å². The summed E-state index contributed by atoms with van der Waals surface area (Å²) < 4.78 is 39.7. The molecule has 0 aliphatic carbocycles. The first-order valence-corrected chi connectivity index (χ1v) is 10.7. The second kappa shape index (κ2) is 11.5. The molecule has 1 unspecified atom stereocenters. The highest BCUT2D eigenvalue weighted by Gasteiger charge is 2.33. The summed E-state index contributed by atoms with van der Waals surface area (Å²) in [6, 6.07) is 13.3. The molecular weight excluding hydrogens is 414 g/mol. The lowest BCUT2D eigenvalue weighted by atomic mass is 10.00. The zero-order chi connectivity index (χ0) is 23.7. The number of hydrogen-bond acceptors (Lipinski definition) is 4. The van der Waals surface area contributed by atoms with E-state index in [9.17, 15) is 18.8 Å². The lowest BCUT2D eigenvalue weighted by molar-refractivity contribution is -0.128. The quantitative estimate of drug-likeness (QED) is 0.516. The molecule has 2 aromatic carbocycles. The van der Waals surface area contributed by atoms with Crippen molar-refractivity contribution in [3.63, 3.8) is 0 Å². The Morgan fingerprint density at radius 3 is 2.56 bits per heavy atom. The SMILES string of the molecule is CCC(F)(F)c1cc(OC(CC(C)C)C(=O)NCCc2cccc(OC)c2)ccc1C#N. The highest BCUT2D eigenvalue weighted by molar-refractivity contribution is 5.81. The van der Waals surface area contributed by atoms with Gasteiger partial charge in [-0.2, -0.15) is 5.26 Å². The number of methoxy groups -OCH3 is 1. The molecule has 0 saturated carbocycles. The van der Waals surface area contributed by atoms with Gasteiger partial charge >= 0.3 is 0 Å². The van der Waals surface area contributed by atoms with E-state index in [0.717, 1.165) is 11.3 Å². The molecule has 32 heavy (non-hydrogen) atoms. The zero-order valence-electron chi connectivity index (χ0n) is 19.0. The minimum atomic E-state index is -3.16. The molecule has 0 heterocycles. The van der Waals surface area contributed by atoms with Crippen molar-refractivity contribution in [3.05, 3.63) is 59.2 Å². The predicted molar refractivity (Wildman–Crippen MR) is 119 cm³/mol. The molecule has 0 aliphatic heterocycles. The number of benzene rings is 2. The first-order valence-electron chi connectivity index (χ1n) is 10.7. The van der Waals surface area contributed by atoms with Gasteiger partial charge in [0.25, 0.3) is 11.8 Å². The van der Waals surface area contributed by atoms with Gasteiger partial charge in [-0.3, -0.25) is 4.79 Å². The summed E-state index contributed by atoms with van der Waals surface area (Å²) in [7, 11) is 1.60. The van der Waals surface area contributed by atoms with Gasteiger partial charge in [-0.1, -0.05) is 32.9 Å². The second-order valence-corrected chi connectivity index (χ2v) is 8.01. The third kappa shape index (κ3) is 6.94. The molecule has 5 nitrogen and oxygen atoms in total. The topological polar surface area (TPSA) is 71.3 Å². The molecule has 0 spiro atoms. The molecule has 1 amide bonds. The fraction of sp³-hybridized carbons (Fsp3) is 0.440. The Morgan fingerprint density at radius 2 is 1.94 bits per heavy atom. The van der Waals surface area contributed by atoms with Crippen LogP contribution in [0.4, 0.5) is 8.78 Å². The largest absolute Gasteiger partial charge is 0.497 e. The van der Waals surface area contributed by atoms with E-state index in [1.54, 1.807) is 13.2 Å². The smallest absolute Gasteiger partial charge is 0.274 e. The summed E-state index contributed by atoms with van der Waals surface area (Å²) in [6.07, 6.45) is -0.243. The average Bonchev–Trinajstić information content (AvgIpc) is 2.78. The van der Waals surface area contributed by atoms with Crippen molar-refractivity contribution in [3.8, 4) is 17.6 Å². The molecule has 0 bridgehead atoms. The van der Waals surface area contributed by atoms with Crippen LogP contribution < -0.4 is 14.8 Å². The zero-order valence-corrected chi connectivity index (χ0v) is 19.0. The number of rotatable bonds is 11. The highest BCUT2D eigenvalue weighted by Crippen LogP contribution is 2.36. The van der Waals surface area contributed by atoms with Crippen LogP contribution in [0.15, 0.2) is 42.5 Å². The van der Waals surface area contributed by atoms with Crippen LogP contribution in [-0.2, 0) is 17.1 Å². The van der Waals surface area contributed by atoms with E-state index in [4.69, 9.17) is 9.47 Å². The van der Waals surface area contributed by atoms with Crippen LogP contribution >= 0.6 is 0 Å². The van der Waals surface area contributed by atoms with Gasteiger partial charge in [-0.05, 0) is 54.7 Å². The monoisotopic (exact) mass is 444 g/mol. The number of alkyl halides is 2. The first kappa shape index (κ1) is 25.1. The Morgan fingerprint density at radius 1 is 1.19 bits per heavy atom. The summed E-state index contributed by atoms with van der Waals surface area (Å²) in [4.78, 5) is 12.8. The number of ether oxygens (including phenoxy) is 2. The maximum atomic E-state index is 14.3. The van der Waals surface area contributed by atoms with Crippen molar-refractivity contribution in [1.29, 1.82) is 5.26 Å². The van der Waals surface area contributed by atoms with Gasteiger partial charge in [0.15, 0.2) is 6.10 Å². The summed E-state index contributed by atoms with van der Waals surface area (Å²) >= 11 is 0. The number of carbonyl (C=O) groups is 1. The maximum Gasteiger partial charge on any atom is 0.274 e. The molecule has 0 aromatic heterocycles. The lowest BCUT2D eigenvalue weighted by Gasteiger charge is -2.22. The number of hydrogen-bond donors (Lipinski definition) is 1. The Bertz CT molecular complexity index is 954. The summed E-state index contributed by atoms with van der Waals surface area (Å²) in [5, 5.41) is 12.1. The molecule has 0 radical (unpaired) electrons. The van der Waals surface area contributed by atoms with Gasteiger partial charge in [0, 0.05) is 18.5 Å². The van der Waals surface area contributed by atoms with Gasteiger partial charge in [-0.25, -0.2) is 8.78 Å². The maximum absolute atomic E-state index is 14.3. The molecule has 2 rings (SSSR count). The van der Waals surface area contributed by atoms with E-state index in [2.05, 4.69) is 5.32 Å². The molecule has 7 heteroatoms. The van der Waals surface area contributed by atoms with E-state index < -0.39 is 18.4 Å². The van der Waals surface area contributed by atoms with Gasteiger partial charge < -0.3 is 14.8 Å². The fourth-order valence-electron chi connectivity index (χ4n) is 3.26. The van der Waals surface area contributed by atoms with Crippen LogP contribution in [0.3, 0.4) is 0 Å². The Balaban J connectivity index is 2.11. The van der Waals surface area contributed by atoms with Crippen LogP contribution in [0.25, 0.3) is 0 Å². The normalized spacial score (nSPS) is 12.2. The minimum Gasteiger partial charge on any atom is -0.497 e. The summed E-state index contributed by atoms with van der Waals surface area (Å²) in [5.74, 6) is -2.43. The van der Waals surface area contributed by atoms with Crippen LogP contribution in [0.5, 0.6) is 11.5 Å². The molecule has 0 saturated heterocycles.